The Balaban J connectivity index is 1.31. The van der Waals surface area contributed by atoms with Crippen LogP contribution in [0.2, 0.25) is 5.02 Å². The summed E-state index contributed by atoms with van der Waals surface area (Å²) in [6.45, 7) is 8.16. The molecule has 7 nitrogen and oxygen atoms in total. The lowest BCUT2D eigenvalue weighted by molar-refractivity contribution is -0.139. The topological polar surface area (TPSA) is 67.9 Å². The summed E-state index contributed by atoms with van der Waals surface area (Å²) in [4.78, 5) is 33.5. The van der Waals surface area contributed by atoms with E-state index in [4.69, 9.17) is 11.6 Å². The van der Waals surface area contributed by atoms with Crippen molar-refractivity contribution in [2.24, 2.45) is 0 Å². The van der Waals surface area contributed by atoms with Crippen LogP contribution in [0.4, 0.5) is 13.2 Å². The minimum absolute atomic E-state index is 0.146. The molecule has 2 aliphatic heterocycles. The standard InChI is InChI=1S/C37H45ClF3N5O2/c1-3-44(4-2)25-34(30-11-7-8-12-31(30)37(39,40)41)45-19-21-46(22-20-45)36(48)33(23-26-13-15-28(38)16-14-26)43-35(47)24-32-29-10-6-5-9-27(29)17-18-42-32/h5-16,32-34,42H,3-4,17-25H2,1-2H3,(H,43,47). The molecule has 48 heavy (non-hydrogen) atoms. The molecule has 2 aliphatic rings. The first kappa shape index (κ1) is 35.9. The Labute approximate surface area is 286 Å². The summed E-state index contributed by atoms with van der Waals surface area (Å²) in [5.41, 5.74) is 2.81. The van der Waals surface area contributed by atoms with Gasteiger partial charge in [-0.2, -0.15) is 13.2 Å². The molecule has 0 radical (unpaired) electrons. The highest BCUT2D eigenvalue weighted by Crippen LogP contribution is 2.37. The SMILES string of the molecule is CCN(CC)CC(c1ccccc1C(F)(F)F)N1CCN(C(=O)C(Cc2ccc(Cl)cc2)NC(=O)CC2NCCc3ccccc32)CC1. The lowest BCUT2D eigenvalue weighted by Crippen LogP contribution is -2.56. The van der Waals surface area contributed by atoms with Gasteiger partial charge in [0.15, 0.2) is 0 Å². The predicted molar refractivity (Wildman–Crippen MR) is 183 cm³/mol. The molecule has 0 bridgehead atoms. The van der Waals surface area contributed by atoms with Crippen LogP contribution in [0.1, 0.15) is 60.2 Å². The van der Waals surface area contributed by atoms with Crippen LogP contribution in [-0.2, 0) is 28.6 Å². The third-order valence-corrected chi connectivity index (χ3v) is 9.86. The second-order valence-corrected chi connectivity index (χ2v) is 13.0. The van der Waals surface area contributed by atoms with Crippen molar-refractivity contribution in [2.45, 2.75) is 57.4 Å². The monoisotopic (exact) mass is 683 g/mol. The molecule has 3 atom stereocenters. The molecule has 3 unspecified atom stereocenters. The number of fused-ring (bicyclic) bond motifs is 1. The lowest BCUT2D eigenvalue weighted by atomic mass is 9.92. The van der Waals surface area contributed by atoms with Crippen LogP contribution < -0.4 is 10.6 Å². The Hall–Kier alpha value is -3.44. The van der Waals surface area contributed by atoms with E-state index in [0.717, 1.165) is 30.2 Å². The van der Waals surface area contributed by atoms with E-state index in [9.17, 15) is 22.8 Å². The number of halogens is 4. The fourth-order valence-corrected chi connectivity index (χ4v) is 7.05. The van der Waals surface area contributed by atoms with Gasteiger partial charge in [-0.15, -0.1) is 0 Å². The molecular weight excluding hydrogens is 639 g/mol. The van der Waals surface area contributed by atoms with E-state index in [1.165, 1.54) is 11.6 Å². The number of alkyl halides is 3. The molecule has 1 fully saturated rings. The molecule has 5 rings (SSSR count). The highest BCUT2D eigenvalue weighted by atomic mass is 35.5. The van der Waals surface area contributed by atoms with Crippen molar-refractivity contribution in [2.75, 3.05) is 52.4 Å². The summed E-state index contributed by atoms with van der Waals surface area (Å²) in [6.07, 6.45) is -3.09. The molecule has 0 spiro atoms. The first-order valence-corrected chi connectivity index (χ1v) is 17.2. The van der Waals surface area contributed by atoms with Crippen LogP contribution in [0.25, 0.3) is 0 Å². The van der Waals surface area contributed by atoms with Crippen molar-refractivity contribution >= 4 is 23.4 Å². The minimum atomic E-state index is -4.47. The molecule has 2 heterocycles. The van der Waals surface area contributed by atoms with Crippen LogP contribution in [0.5, 0.6) is 0 Å². The summed E-state index contributed by atoms with van der Waals surface area (Å²) < 4.78 is 42.4. The summed E-state index contributed by atoms with van der Waals surface area (Å²) >= 11 is 6.11. The molecule has 0 saturated carbocycles. The smallest absolute Gasteiger partial charge is 0.344 e. The highest BCUT2D eigenvalue weighted by molar-refractivity contribution is 6.30. The largest absolute Gasteiger partial charge is 0.416 e. The first-order valence-electron chi connectivity index (χ1n) is 16.8. The van der Waals surface area contributed by atoms with E-state index < -0.39 is 23.8 Å². The molecule has 1 saturated heterocycles. The van der Waals surface area contributed by atoms with Crippen LogP contribution in [-0.4, -0.2) is 84.9 Å². The Morgan fingerprint density at radius 3 is 2.31 bits per heavy atom. The van der Waals surface area contributed by atoms with Gasteiger partial charge in [-0.3, -0.25) is 14.5 Å². The number of amides is 2. The average Bonchev–Trinajstić information content (AvgIpc) is 3.09. The second-order valence-electron chi connectivity index (χ2n) is 12.6. The number of hydrogen-bond acceptors (Lipinski definition) is 5. The molecule has 0 aliphatic carbocycles. The Bertz CT molecular complexity index is 1520. The highest BCUT2D eigenvalue weighted by Gasteiger charge is 2.38. The van der Waals surface area contributed by atoms with E-state index >= 15 is 0 Å². The van der Waals surface area contributed by atoms with E-state index in [1.54, 1.807) is 29.2 Å². The first-order chi connectivity index (χ1) is 23.1. The maximum atomic E-state index is 14.1. The van der Waals surface area contributed by atoms with Crippen LogP contribution >= 0.6 is 11.6 Å². The number of benzene rings is 3. The van der Waals surface area contributed by atoms with E-state index in [-0.39, 0.29) is 29.8 Å². The van der Waals surface area contributed by atoms with Gasteiger partial charge in [0.25, 0.3) is 0 Å². The molecule has 11 heteroatoms. The van der Waals surface area contributed by atoms with E-state index in [1.807, 2.05) is 44.2 Å². The van der Waals surface area contributed by atoms with Gasteiger partial charge in [0.1, 0.15) is 6.04 Å². The van der Waals surface area contributed by atoms with Crippen LogP contribution in [0.15, 0.2) is 72.8 Å². The van der Waals surface area contributed by atoms with Gasteiger partial charge in [0, 0.05) is 62.7 Å². The van der Waals surface area contributed by atoms with Gasteiger partial charge in [0.2, 0.25) is 11.8 Å². The van der Waals surface area contributed by atoms with Crippen LogP contribution in [0.3, 0.4) is 0 Å². The number of nitrogens with zero attached hydrogens (tertiary/aromatic N) is 3. The van der Waals surface area contributed by atoms with E-state index in [0.29, 0.717) is 57.3 Å². The average molecular weight is 684 g/mol. The number of piperazine rings is 1. The number of rotatable bonds is 12. The maximum Gasteiger partial charge on any atom is 0.416 e. The molecule has 258 valence electrons. The molecule has 3 aromatic rings. The summed E-state index contributed by atoms with van der Waals surface area (Å²) in [6, 6.07) is 19.7. The van der Waals surface area contributed by atoms with Crippen molar-refractivity contribution in [3.05, 3.63) is 106 Å². The molecular formula is C37H45ClF3N5O2. The predicted octanol–water partition coefficient (Wildman–Crippen LogP) is 5.89. The van der Waals surface area contributed by atoms with Crippen molar-refractivity contribution in [3.63, 3.8) is 0 Å². The summed E-state index contributed by atoms with van der Waals surface area (Å²) in [5, 5.41) is 7.05. The zero-order chi connectivity index (χ0) is 34.3. The zero-order valence-electron chi connectivity index (χ0n) is 27.6. The van der Waals surface area contributed by atoms with Gasteiger partial charge in [-0.1, -0.05) is 80.0 Å². The molecule has 3 aromatic carbocycles. The van der Waals surface area contributed by atoms with Crippen LogP contribution in [0, 0.1) is 0 Å². The zero-order valence-corrected chi connectivity index (χ0v) is 28.4. The summed E-state index contributed by atoms with van der Waals surface area (Å²) in [5.74, 6) is -0.427. The van der Waals surface area contributed by atoms with Crippen molar-refractivity contribution in [1.82, 2.24) is 25.3 Å². The third-order valence-electron chi connectivity index (χ3n) is 9.61. The number of hydrogen-bond donors (Lipinski definition) is 2. The normalized spacial score (nSPS) is 18.3. The van der Waals surface area contributed by atoms with Gasteiger partial charge >= 0.3 is 6.18 Å². The molecule has 2 amide bonds. The Morgan fingerprint density at radius 2 is 1.62 bits per heavy atom. The minimum Gasteiger partial charge on any atom is -0.344 e. The number of nitrogens with one attached hydrogen (secondary N) is 2. The third kappa shape index (κ3) is 8.96. The second kappa shape index (κ2) is 16.3. The van der Waals surface area contributed by atoms with E-state index in [2.05, 4.69) is 26.5 Å². The Kier molecular flexibility index (Phi) is 12.2. The fourth-order valence-electron chi connectivity index (χ4n) is 6.93. The quantitative estimate of drug-likeness (QED) is 0.249. The van der Waals surface area contributed by atoms with Crippen molar-refractivity contribution in [1.29, 1.82) is 0 Å². The Morgan fingerprint density at radius 1 is 0.958 bits per heavy atom. The number of carbonyl (C=O) groups is 2. The lowest BCUT2D eigenvalue weighted by Gasteiger charge is -2.42. The van der Waals surface area contributed by atoms with Gasteiger partial charge in [-0.25, -0.2) is 0 Å². The van der Waals surface area contributed by atoms with Gasteiger partial charge < -0.3 is 20.4 Å². The van der Waals surface area contributed by atoms with Crippen molar-refractivity contribution in [3.8, 4) is 0 Å². The summed E-state index contributed by atoms with van der Waals surface area (Å²) in [7, 11) is 0. The molecule has 2 N–H and O–H groups in total. The number of likely N-dealkylation sites (N-methyl/N-ethyl adjacent to an activating group) is 1. The number of carbonyl (C=O) groups excluding carboxylic acids is 2. The maximum absolute atomic E-state index is 14.1. The molecule has 0 aromatic heterocycles. The fraction of sp³-hybridized carbons (Fsp3) is 0.459. The van der Waals surface area contributed by atoms with Gasteiger partial charge in [0.05, 0.1) is 5.56 Å². The van der Waals surface area contributed by atoms with Gasteiger partial charge in [-0.05, 0) is 66.5 Å². The van der Waals surface area contributed by atoms with Crippen molar-refractivity contribution < 1.29 is 22.8 Å².